The van der Waals surface area contributed by atoms with Gasteiger partial charge < -0.3 is 14.6 Å². The fourth-order valence-electron chi connectivity index (χ4n) is 2.71. The van der Waals surface area contributed by atoms with Crippen molar-refractivity contribution >= 4 is 5.69 Å². The number of nitrogens with one attached hydrogen (secondary N) is 1. The second-order valence-electron chi connectivity index (χ2n) is 6.39. The maximum Gasteiger partial charge on any atom is 0.107 e. The second kappa shape index (κ2) is 8.04. The third-order valence-corrected chi connectivity index (χ3v) is 4.13. The zero-order valence-electron chi connectivity index (χ0n) is 14.2. The summed E-state index contributed by atoms with van der Waals surface area (Å²) in [4.78, 5) is 2.12. The van der Waals surface area contributed by atoms with Crippen LogP contribution in [0.25, 0.3) is 0 Å². The number of furan rings is 1. The lowest BCUT2D eigenvalue weighted by molar-refractivity contribution is 0.372. The molecule has 0 unspecified atom stereocenters. The average molecular weight is 300 g/mol. The van der Waals surface area contributed by atoms with E-state index in [1.54, 1.807) is 6.26 Å². The summed E-state index contributed by atoms with van der Waals surface area (Å²) >= 11 is 0. The van der Waals surface area contributed by atoms with Crippen molar-refractivity contribution in [3.8, 4) is 0 Å². The Morgan fingerprint density at radius 2 is 1.82 bits per heavy atom. The van der Waals surface area contributed by atoms with Gasteiger partial charge in [-0.25, -0.2) is 0 Å². The molecule has 1 aromatic carbocycles. The molecule has 22 heavy (non-hydrogen) atoms. The van der Waals surface area contributed by atoms with Gasteiger partial charge in [0.05, 0.1) is 6.26 Å². The smallest absolute Gasteiger partial charge is 0.107 e. The summed E-state index contributed by atoms with van der Waals surface area (Å²) in [7, 11) is 4.13. The molecule has 0 aliphatic carbocycles. The molecule has 0 aliphatic rings. The van der Waals surface area contributed by atoms with Gasteiger partial charge in [0.1, 0.15) is 5.76 Å². The zero-order chi connectivity index (χ0) is 15.9. The summed E-state index contributed by atoms with van der Waals surface area (Å²) in [6.45, 7) is 6.43. The van der Waals surface area contributed by atoms with E-state index in [-0.39, 0.29) is 0 Å². The Bertz CT molecular complexity index is 529. The lowest BCUT2D eigenvalue weighted by Crippen LogP contribution is -2.19. The summed E-state index contributed by atoms with van der Waals surface area (Å²) in [5.74, 6) is 2.18. The summed E-state index contributed by atoms with van der Waals surface area (Å²) in [5.41, 5.74) is 2.56. The first-order valence-corrected chi connectivity index (χ1v) is 8.08. The largest absolute Gasteiger partial charge is 0.469 e. The number of nitrogens with zero attached hydrogens (tertiary/aromatic N) is 1. The van der Waals surface area contributed by atoms with Crippen molar-refractivity contribution in [3.05, 3.63) is 54.0 Å². The Morgan fingerprint density at radius 1 is 1.09 bits per heavy atom. The zero-order valence-corrected chi connectivity index (χ0v) is 14.2. The molecule has 1 aromatic heterocycles. The van der Waals surface area contributed by atoms with Gasteiger partial charge in [0, 0.05) is 32.2 Å². The Kier molecular flexibility index (Phi) is 6.08. The normalized spacial score (nSPS) is 12.6. The molecule has 1 atom stereocenters. The average Bonchev–Trinajstić information content (AvgIpc) is 3.01. The number of hydrogen-bond donors (Lipinski definition) is 1. The Morgan fingerprint density at radius 3 is 2.36 bits per heavy atom. The van der Waals surface area contributed by atoms with Gasteiger partial charge in [-0.3, -0.25) is 0 Å². The van der Waals surface area contributed by atoms with Gasteiger partial charge in [-0.05, 0) is 48.7 Å². The van der Waals surface area contributed by atoms with Gasteiger partial charge in [-0.2, -0.15) is 0 Å². The minimum Gasteiger partial charge on any atom is -0.469 e. The van der Waals surface area contributed by atoms with E-state index in [2.05, 4.69) is 68.5 Å². The summed E-state index contributed by atoms with van der Waals surface area (Å²) < 4.78 is 5.58. The lowest BCUT2D eigenvalue weighted by atomic mass is 9.90. The second-order valence-corrected chi connectivity index (χ2v) is 6.39. The van der Waals surface area contributed by atoms with E-state index in [0.717, 1.165) is 25.3 Å². The van der Waals surface area contributed by atoms with Crippen LogP contribution in [0, 0.1) is 5.92 Å². The predicted molar refractivity (Wildman–Crippen MR) is 93.4 cm³/mol. The molecule has 0 radical (unpaired) electrons. The van der Waals surface area contributed by atoms with Crippen LogP contribution in [0.5, 0.6) is 0 Å². The standard InChI is InChI=1S/C19H28N2O/c1-15(2)18(19-6-5-13-22-19)11-12-20-14-16-7-9-17(10-8-16)21(3)4/h5-10,13,15,18,20H,11-12,14H2,1-4H3/t18-/m0/s1. The Balaban J connectivity index is 1.78. The van der Waals surface area contributed by atoms with E-state index >= 15 is 0 Å². The molecule has 0 saturated carbocycles. The molecule has 120 valence electrons. The first kappa shape index (κ1) is 16.6. The van der Waals surface area contributed by atoms with Crippen LogP contribution in [-0.4, -0.2) is 20.6 Å². The fourth-order valence-corrected chi connectivity index (χ4v) is 2.71. The molecule has 0 saturated heterocycles. The maximum atomic E-state index is 5.58. The first-order valence-electron chi connectivity index (χ1n) is 8.08. The fraction of sp³-hybridized carbons (Fsp3) is 0.474. The van der Waals surface area contributed by atoms with Crippen molar-refractivity contribution in [1.29, 1.82) is 0 Å². The molecule has 0 amide bonds. The van der Waals surface area contributed by atoms with E-state index in [9.17, 15) is 0 Å². The summed E-state index contributed by atoms with van der Waals surface area (Å²) in [6.07, 6.45) is 2.87. The molecule has 0 spiro atoms. The van der Waals surface area contributed by atoms with Crippen LogP contribution in [0.3, 0.4) is 0 Å². The van der Waals surface area contributed by atoms with Crippen molar-refractivity contribution < 1.29 is 4.42 Å². The van der Waals surface area contributed by atoms with Crippen molar-refractivity contribution in [1.82, 2.24) is 5.32 Å². The third kappa shape index (κ3) is 4.63. The highest BCUT2D eigenvalue weighted by Crippen LogP contribution is 2.27. The maximum absolute atomic E-state index is 5.58. The number of anilines is 1. The quantitative estimate of drug-likeness (QED) is 0.738. The van der Waals surface area contributed by atoms with Crippen LogP contribution >= 0.6 is 0 Å². The number of rotatable bonds is 8. The molecule has 1 heterocycles. The first-order chi connectivity index (χ1) is 10.6. The Hall–Kier alpha value is -1.74. The van der Waals surface area contributed by atoms with E-state index in [1.807, 2.05) is 6.07 Å². The molecular formula is C19H28N2O. The van der Waals surface area contributed by atoms with Crippen molar-refractivity contribution in [2.45, 2.75) is 32.7 Å². The van der Waals surface area contributed by atoms with Crippen LogP contribution in [-0.2, 0) is 6.54 Å². The number of hydrogen-bond acceptors (Lipinski definition) is 3. The van der Waals surface area contributed by atoms with Crippen LogP contribution in [0.1, 0.15) is 37.5 Å². The van der Waals surface area contributed by atoms with E-state index in [0.29, 0.717) is 11.8 Å². The molecular weight excluding hydrogens is 272 g/mol. The highest BCUT2D eigenvalue weighted by atomic mass is 16.3. The van der Waals surface area contributed by atoms with Gasteiger partial charge in [-0.1, -0.05) is 26.0 Å². The highest BCUT2D eigenvalue weighted by Gasteiger charge is 2.17. The number of benzene rings is 1. The molecule has 0 fully saturated rings. The third-order valence-electron chi connectivity index (χ3n) is 4.13. The Labute approximate surface area is 134 Å². The highest BCUT2D eigenvalue weighted by molar-refractivity contribution is 5.45. The van der Waals surface area contributed by atoms with Crippen molar-refractivity contribution in [2.24, 2.45) is 5.92 Å². The van der Waals surface area contributed by atoms with E-state index in [4.69, 9.17) is 4.42 Å². The predicted octanol–water partition coefficient (Wildman–Crippen LogP) is 4.27. The molecule has 2 aromatic rings. The molecule has 0 aliphatic heterocycles. The van der Waals surface area contributed by atoms with Gasteiger partial charge in [0.2, 0.25) is 0 Å². The topological polar surface area (TPSA) is 28.4 Å². The minimum absolute atomic E-state index is 0.485. The molecule has 3 nitrogen and oxygen atoms in total. The summed E-state index contributed by atoms with van der Waals surface area (Å²) in [6, 6.07) is 12.8. The van der Waals surface area contributed by atoms with Crippen LogP contribution in [0.2, 0.25) is 0 Å². The van der Waals surface area contributed by atoms with Gasteiger partial charge in [0.25, 0.3) is 0 Å². The van der Waals surface area contributed by atoms with Gasteiger partial charge in [-0.15, -0.1) is 0 Å². The van der Waals surface area contributed by atoms with Gasteiger partial charge in [0.15, 0.2) is 0 Å². The van der Waals surface area contributed by atoms with E-state index < -0.39 is 0 Å². The molecule has 0 bridgehead atoms. The molecule has 2 rings (SSSR count). The lowest BCUT2D eigenvalue weighted by Gasteiger charge is -2.19. The molecule has 1 N–H and O–H groups in total. The van der Waals surface area contributed by atoms with Crippen LogP contribution in [0.15, 0.2) is 47.1 Å². The summed E-state index contributed by atoms with van der Waals surface area (Å²) in [5, 5.41) is 3.54. The monoisotopic (exact) mass is 300 g/mol. The minimum atomic E-state index is 0.485. The molecule has 3 heteroatoms. The SMILES string of the molecule is CC(C)[C@H](CCNCc1ccc(N(C)C)cc1)c1ccco1. The van der Waals surface area contributed by atoms with Gasteiger partial charge >= 0.3 is 0 Å². The van der Waals surface area contributed by atoms with Crippen molar-refractivity contribution in [3.63, 3.8) is 0 Å². The van der Waals surface area contributed by atoms with Crippen LogP contribution in [0.4, 0.5) is 5.69 Å². The van der Waals surface area contributed by atoms with Crippen LogP contribution < -0.4 is 10.2 Å². The van der Waals surface area contributed by atoms with E-state index in [1.165, 1.54) is 11.3 Å². The van der Waals surface area contributed by atoms with Crippen molar-refractivity contribution in [2.75, 3.05) is 25.5 Å².